The van der Waals surface area contributed by atoms with Crippen LogP contribution in [0.3, 0.4) is 0 Å². The summed E-state index contributed by atoms with van der Waals surface area (Å²) in [6, 6.07) is 0. The Kier molecular flexibility index (Phi) is 2.45. The first-order valence-corrected chi connectivity index (χ1v) is 4.02. The van der Waals surface area contributed by atoms with Crippen molar-refractivity contribution in [3.63, 3.8) is 0 Å². The van der Waals surface area contributed by atoms with Gasteiger partial charge in [-0.05, 0) is 6.92 Å². The highest BCUT2D eigenvalue weighted by molar-refractivity contribution is 6.28. The number of halogens is 2. The molecule has 0 radical (unpaired) electrons. The number of alkyl halides is 1. The van der Waals surface area contributed by atoms with E-state index in [1.165, 1.54) is 5.54 Å². The Morgan fingerprint density at radius 1 is 1.73 bits per heavy atom. The molecule has 0 spiro atoms. The molecule has 0 bridgehead atoms. The Hall–Kier alpha value is -0.210. The lowest BCUT2D eigenvalue weighted by Crippen LogP contribution is -2.33. The lowest BCUT2D eigenvalue weighted by molar-refractivity contribution is -0.142. The molecule has 62 valence electrons. The van der Waals surface area contributed by atoms with Gasteiger partial charge in [0.05, 0.1) is 10.4 Å². The molecule has 0 aromatic heterocycles. The second-order valence-electron chi connectivity index (χ2n) is 2.80. The zero-order chi connectivity index (χ0) is 8.48. The number of hydrogen-bond acceptors (Lipinski definition) is 2. The maximum Gasteiger partial charge on any atom is 0.335 e. The van der Waals surface area contributed by atoms with Gasteiger partial charge >= 0.3 is 5.97 Å². The summed E-state index contributed by atoms with van der Waals surface area (Å²) < 4.78 is 4.77. The van der Waals surface area contributed by atoms with E-state index in [0.29, 0.717) is 12.0 Å². The minimum Gasteiger partial charge on any atom is -0.460 e. The summed E-state index contributed by atoms with van der Waals surface area (Å²) in [7, 11) is 0. The summed E-state index contributed by atoms with van der Waals surface area (Å²) in [4.78, 5) is 10.4. The van der Waals surface area contributed by atoms with Crippen LogP contribution in [0, 0.1) is 0 Å². The Balaban J connectivity index is 2.74. The van der Waals surface area contributed by atoms with Crippen LogP contribution in [0.25, 0.3) is 0 Å². The van der Waals surface area contributed by atoms with E-state index >= 15 is 0 Å². The molecule has 1 fully saturated rings. The SMILES string of the molecule is CC1(Cl)COC(=O)/C(=C/Cl)C1. The fourth-order valence-electron chi connectivity index (χ4n) is 0.912. The van der Waals surface area contributed by atoms with E-state index in [9.17, 15) is 4.79 Å². The third-order valence-electron chi connectivity index (χ3n) is 1.46. The quantitative estimate of drug-likeness (QED) is 0.336. The molecule has 1 heterocycles. The molecule has 2 nitrogen and oxygen atoms in total. The summed E-state index contributed by atoms with van der Waals surface area (Å²) in [5, 5.41) is 0. The minimum absolute atomic E-state index is 0.252. The minimum atomic E-state index is -0.491. The fraction of sp³-hybridized carbons (Fsp3) is 0.571. The Morgan fingerprint density at radius 2 is 2.36 bits per heavy atom. The van der Waals surface area contributed by atoms with Gasteiger partial charge in [0.2, 0.25) is 0 Å². The van der Waals surface area contributed by atoms with E-state index < -0.39 is 4.87 Å². The van der Waals surface area contributed by atoms with Gasteiger partial charge in [0.1, 0.15) is 6.61 Å². The largest absolute Gasteiger partial charge is 0.460 e. The zero-order valence-corrected chi connectivity index (χ0v) is 7.58. The van der Waals surface area contributed by atoms with Gasteiger partial charge in [0.15, 0.2) is 0 Å². The molecule has 1 rings (SSSR count). The van der Waals surface area contributed by atoms with Gasteiger partial charge in [0, 0.05) is 12.0 Å². The first-order chi connectivity index (χ1) is 5.05. The standard InChI is InChI=1S/C7H8Cl2O2/c1-7(9)2-5(3-8)6(10)11-4-7/h3H,2,4H2,1H3/b5-3+. The normalized spacial score (nSPS) is 35.5. The summed E-state index contributed by atoms with van der Waals surface area (Å²) >= 11 is 11.3. The highest BCUT2D eigenvalue weighted by Gasteiger charge is 2.32. The molecule has 11 heavy (non-hydrogen) atoms. The van der Waals surface area contributed by atoms with Gasteiger partial charge < -0.3 is 4.74 Å². The van der Waals surface area contributed by atoms with Crippen LogP contribution in [-0.2, 0) is 9.53 Å². The van der Waals surface area contributed by atoms with Crippen molar-refractivity contribution in [2.75, 3.05) is 6.61 Å². The number of cyclic esters (lactones) is 1. The molecule has 1 aliphatic rings. The lowest BCUT2D eigenvalue weighted by Gasteiger charge is -2.27. The van der Waals surface area contributed by atoms with Crippen LogP contribution in [0.4, 0.5) is 0 Å². The van der Waals surface area contributed by atoms with Crippen molar-refractivity contribution in [3.8, 4) is 0 Å². The summed E-state index contributed by atoms with van der Waals surface area (Å²) in [6.07, 6.45) is 0.469. The molecule has 0 aromatic carbocycles. The molecule has 1 aliphatic heterocycles. The zero-order valence-electron chi connectivity index (χ0n) is 6.06. The highest BCUT2D eigenvalue weighted by Crippen LogP contribution is 2.29. The Morgan fingerprint density at radius 3 is 2.82 bits per heavy atom. The number of ether oxygens (including phenoxy) is 1. The number of rotatable bonds is 0. The van der Waals surface area contributed by atoms with E-state index in [4.69, 9.17) is 27.9 Å². The molecule has 0 amide bonds. The van der Waals surface area contributed by atoms with Crippen LogP contribution in [0.2, 0.25) is 0 Å². The number of hydrogen-bond donors (Lipinski definition) is 0. The van der Waals surface area contributed by atoms with Crippen LogP contribution in [0.1, 0.15) is 13.3 Å². The van der Waals surface area contributed by atoms with Gasteiger partial charge in [0.25, 0.3) is 0 Å². The van der Waals surface area contributed by atoms with E-state index in [1.54, 1.807) is 6.92 Å². The smallest absolute Gasteiger partial charge is 0.335 e. The van der Waals surface area contributed by atoms with Crippen LogP contribution in [-0.4, -0.2) is 17.5 Å². The predicted molar refractivity (Wildman–Crippen MR) is 43.8 cm³/mol. The van der Waals surface area contributed by atoms with E-state index in [-0.39, 0.29) is 12.6 Å². The van der Waals surface area contributed by atoms with Gasteiger partial charge in [-0.1, -0.05) is 11.6 Å². The number of carbonyl (C=O) groups is 1. The molecular formula is C7H8Cl2O2. The van der Waals surface area contributed by atoms with Crippen LogP contribution in [0.5, 0.6) is 0 Å². The molecule has 0 saturated carbocycles. The molecule has 0 aromatic rings. The topological polar surface area (TPSA) is 26.3 Å². The van der Waals surface area contributed by atoms with Gasteiger partial charge in [-0.2, -0.15) is 0 Å². The molecule has 0 aliphatic carbocycles. The van der Waals surface area contributed by atoms with Crippen molar-refractivity contribution in [2.45, 2.75) is 18.2 Å². The van der Waals surface area contributed by atoms with Gasteiger partial charge in [-0.3, -0.25) is 0 Å². The van der Waals surface area contributed by atoms with Crippen molar-refractivity contribution in [2.24, 2.45) is 0 Å². The second kappa shape index (κ2) is 3.03. The maximum atomic E-state index is 10.9. The van der Waals surface area contributed by atoms with E-state index in [0.717, 1.165) is 0 Å². The molecule has 1 unspecified atom stereocenters. The van der Waals surface area contributed by atoms with Crippen molar-refractivity contribution in [1.82, 2.24) is 0 Å². The van der Waals surface area contributed by atoms with Crippen molar-refractivity contribution in [3.05, 3.63) is 11.1 Å². The molecule has 4 heteroatoms. The third kappa shape index (κ3) is 2.11. The highest BCUT2D eigenvalue weighted by atomic mass is 35.5. The van der Waals surface area contributed by atoms with E-state index in [1.807, 2.05) is 0 Å². The van der Waals surface area contributed by atoms with Crippen molar-refractivity contribution in [1.29, 1.82) is 0 Å². The average Bonchev–Trinajstić information content (AvgIpc) is 1.94. The predicted octanol–water partition coefficient (Wildman–Crippen LogP) is 2.05. The third-order valence-corrected chi connectivity index (χ3v) is 1.96. The van der Waals surface area contributed by atoms with Gasteiger partial charge in [-0.25, -0.2) is 4.79 Å². The first kappa shape index (κ1) is 8.88. The fourth-order valence-corrected chi connectivity index (χ4v) is 1.28. The average molecular weight is 195 g/mol. The van der Waals surface area contributed by atoms with Crippen LogP contribution >= 0.6 is 23.2 Å². The van der Waals surface area contributed by atoms with Crippen LogP contribution in [0.15, 0.2) is 11.1 Å². The molecule has 1 atom stereocenters. The van der Waals surface area contributed by atoms with E-state index in [2.05, 4.69) is 0 Å². The summed E-state index contributed by atoms with van der Waals surface area (Å²) in [5.41, 5.74) is 1.66. The lowest BCUT2D eigenvalue weighted by atomic mass is 10.00. The maximum absolute atomic E-state index is 10.9. The second-order valence-corrected chi connectivity index (χ2v) is 3.93. The Labute approximate surface area is 75.1 Å². The van der Waals surface area contributed by atoms with Crippen LogP contribution < -0.4 is 0 Å². The van der Waals surface area contributed by atoms with Crippen molar-refractivity contribution < 1.29 is 9.53 Å². The summed E-state index contributed by atoms with van der Waals surface area (Å²) in [5.74, 6) is -0.363. The first-order valence-electron chi connectivity index (χ1n) is 3.20. The number of carbonyl (C=O) groups excluding carboxylic acids is 1. The molecule has 1 saturated heterocycles. The summed E-state index contributed by atoms with van der Waals surface area (Å²) in [6.45, 7) is 2.06. The Bertz CT molecular complexity index is 208. The number of esters is 1. The van der Waals surface area contributed by atoms with Crippen molar-refractivity contribution >= 4 is 29.2 Å². The molecular weight excluding hydrogens is 187 g/mol. The molecule has 0 N–H and O–H groups in total. The van der Waals surface area contributed by atoms with Gasteiger partial charge in [-0.15, -0.1) is 11.6 Å². The monoisotopic (exact) mass is 194 g/mol.